The number of hydrogen-bond acceptors (Lipinski definition) is 4. The van der Waals surface area contributed by atoms with Crippen molar-refractivity contribution in [1.29, 1.82) is 0 Å². The minimum atomic E-state index is -3.83. The monoisotopic (exact) mass is 301 g/mol. The van der Waals surface area contributed by atoms with Crippen LogP contribution in [0.3, 0.4) is 0 Å². The summed E-state index contributed by atoms with van der Waals surface area (Å²) in [7, 11) is -2.25. The first-order valence-electron chi connectivity index (χ1n) is 5.99. The Kier molecular flexibility index (Phi) is 5.93. The molecule has 0 heterocycles. The quantitative estimate of drug-likeness (QED) is 0.695. The van der Waals surface area contributed by atoms with Crippen molar-refractivity contribution >= 4 is 27.5 Å². The van der Waals surface area contributed by atoms with Gasteiger partial charge >= 0.3 is 0 Å². The van der Waals surface area contributed by atoms with Crippen LogP contribution in [0.2, 0.25) is 0 Å². The fourth-order valence-electron chi connectivity index (χ4n) is 1.70. The molecule has 0 saturated heterocycles. The zero-order chi connectivity index (χ0) is 15.2. The van der Waals surface area contributed by atoms with Crippen LogP contribution in [0.25, 0.3) is 0 Å². The Balaban J connectivity index is 2.64. The van der Waals surface area contributed by atoms with Crippen LogP contribution >= 0.6 is 0 Å². The number of nitrogens with two attached hydrogens (primary N) is 1. The molecule has 0 aliphatic heterocycles. The molecule has 8 heteroatoms. The molecule has 0 radical (unpaired) electrons. The lowest BCUT2D eigenvalue weighted by atomic mass is 10.1. The van der Waals surface area contributed by atoms with E-state index in [1.807, 2.05) is 6.92 Å². The molecule has 1 aromatic carbocycles. The number of carbonyl (C=O) groups excluding carboxylic acids is 1. The zero-order valence-electron chi connectivity index (χ0n) is 11.4. The van der Waals surface area contributed by atoms with E-state index in [0.29, 0.717) is 18.7 Å². The highest BCUT2D eigenvalue weighted by Crippen LogP contribution is 2.16. The normalized spacial score (nSPS) is 12.8. The molecule has 1 amide bonds. The maximum atomic E-state index is 11.8. The van der Waals surface area contributed by atoms with Crippen molar-refractivity contribution in [3.05, 3.63) is 24.3 Å². The molecular formula is C12H19N3O4S. The first-order valence-corrected chi connectivity index (χ1v) is 7.54. The van der Waals surface area contributed by atoms with Gasteiger partial charge in [0.2, 0.25) is 5.91 Å². The fraction of sp³-hybridized carbons (Fsp3) is 0.417. The van der Waals surface area contributed by atoms with Crippen LogP contribution in [-0.4, -0.2) is 28.0 Å². The molecule has 0 saturated carbocycles. The molecular weight excluding hydrogens is 282 g/mol. The molecule has 1 atom stereocenters. The van der Waals surface area contributed by atoms with E-state index in [-0.39, 0.29) is 17.5 Å². The molecule has 4 N–H and O–H groups in total. The largest absolute Gasteiger partial charge is 0.384 e. The Hall–Kier alpha value is -1.64. The maximum Gasteiger partial charge on any atom is 0.296 e. The molecule has 1 aromatic rings. The molecule has 112 valence electrons. The van der Waals surface area contributed by atoms with Gasteiger partial charge in [0.05, 0.1) is 5.69 Å². The van der Waals surface area contributed by atoms with E-state index >= 15 is 0 Å². The van der Waals surface area contributed by atoms with Crippen molar-refractivity contribution in [2.75, 3.05) is 23.8 Å². The van der Waals surface area contributed by atoms with Gasteiger partial charge in [0, 0.05) is 25.8 Å². The molecule has 0 aromatic heterocycles. The molecule has 0 bridgehead atoms. The van der Waals surface area contributed by atoms with Crippen molar-refractivity contribution < 1.29 is 17.9 Å². The van der Waals surface area contributed by atoms with E-state index in [4.69, 9.17) is 9.88 Å². The van der Waals surface area contributed by atoms with Crippen molar-refractivity contribution in [2.24, 2.45) is 11.1 Å². The Bertz CT molecular complexity index is 560. The smallest absolute Gasteiger partial charge is 0.296 e. The third-order valence-electron chi connectivity index (χ3n) is 2.39. The van der Waals surface area contributed by atoms with Crippen LogP contribution in [0.5, 0.6) is 0 Å². The minimum absolute atomic E-state index is 0.103. The van der Waals surface area contributed by atoms with Gasteiger partial charge in [-0.15, -0.1) is 0 Å². The minimum Gasteiger partial charge on any atom is -0.384 e. The Morgan fingerprint density at radius 2 is 2.05 bits per heavy atom. The second kappa shape index (κ2) is 7.22. The summed E-state index contributed by atoms with van der Waals surface area (Å²) in [5.41, 5.74) is 0.781. The molecule has 0 aliphatic carbocycles. The fourth-order valence-corrected chi connectivity index (χ4v) is 2.15. The van der Waals surface area contributed by atoms with Gasteiger partial charge < -0.3 is 10.1 Å². The lowest BCUT2D eigenvalue weighted by Gasteiger charge is -2.11. The van der Waals surface area contributed by atoms with Crippen LogP contribution in [0.15, 0.2) is 24.3 Å². The number of anilines is 2. The van der Waals surface area contributed by atoms with Crippen molar-refractivity contribution in [3.8, 4) is 0 Å². The number of nitrogens with one attached hydrogen (secondary N) is 2. The third-order valence-corrected chi connectivity index (χ3v) is 2.91. The summed E-state index contributed by atoms with van der Waals surface area (Å²) in [5, 5.41) is 7.57. The van der Waals surface area contributed by atoms with Crippen molar-refractivity contribution in [1.82, 2.24) is 0 Å². The topological polar surface area (TPSA) is 111 Å². The predicted octanol–water partition coefficient (Wildman–Crippen LogP) is 0.913. The second-order valence-electron chi connectivity index (χ2n) is 4.54. The summed E-state index contributed by atoms with van der Waals surface area (Å²) < 4.78 is 28.9. The molecule has 7 nitrogen and oxygen atoms in total. The Morgan fingerprint density at radius 1 is 1.40 bits per heavy atom. The van der Waals surface area contributed by atoms with Crippen molar-refractivity contribution in [2.45, 2.75) is 13.3 Å². The summed E-state index contributed by atoms with van der Waals surface area (Å²) in [6.07, 6.45) is 0.320. The molecule has 0 spiro atoms. The SMILES string of the molecule is COCC(C)CC(=O)Nc1cccc(NS(N)(=O)=O)c1. The van der Waals surface area contributed by atoms with E-state index in [1.54, 1.807) is 19.2 Å². The highest BCUT2D eigenvalue weighted by Gasteiger charge is 2.10. The lowest BCUT2D eigenvalue weighted by Crippen LogP contribution is -2.22. The van der Waals surface area contributed by atoms with Gasteiger partial charge in [-0.2, -0.15) is 8.42 Å². The van der Waals surface area contributed by atoms with E-state index < -0.39 is 10.2 Å². The van der Waals surface area contributed by atoms with Gasteiger partial charge in [-0.25, -0.2) is 5.14 Å². The van der Waals surface area contributed by atoms with Gasteiger partial charge in [-0.1, -0.05) is 13.0 Å². The van der Waals surface area contributed by atoms with Gasteiger partial charge in [0.25, 0.3) is 10.2 Å². The first-order chi connectivity index (χ1) is 9.30. The van der Waals surface area contributed by atoms with Crippen LogP contribution in [0.4, 0.5) is 11.4 Å². The number of amides is 1. The summed E-state index contributed by atoms with van der Waals surface area (Å²) in [6.45, 7) is 2.41. The van der Waals surface area contributed by atoms with E-state index in [2.05, 4.69) is 10.0 Å². The summed E-state index contributed by atoms with van der Waals surface area (Å²) >= 11 is 0. The van der Waals surface area contributed by atoms with Gasteiger partial charge in [-0.05, 0) is 24.1 Å². The second-order valence-corrected chi connectivity index (χ2v) is 5.83. The summed E-state index contributed by atoms with van der Waals surface area (Å²) in [6, 6.07) is 6.30. The van der Waals surface area contributed by atoms with Gasteiger partial charge in [0.1, 0.15) is 0 Å². The Morgan fingerprint density at radius 3 is 2.65 bits per heavy atom. The number of hydrogen-bond donors (Lipinski definition) is 3. The van der Waals surface area contributed by atoms with Gasteiger partial charge in [-0.3, -0.25) is 9.52 Å². The number of methoxy groups -OCH3 is 1. The Labute approximate surface area is 118 Å². The van der Waals surface area contributed by atoms with Crippen LogP contribution < -0.4 is 15.2 Å². The number of benzene rings is 1. The third kappa shape index (κ3) is 6.50. The predicted molar refractivity (Wildman–Crippen MR) is 77.5 cm³/mol. The maximum absolute atomic E-state index is 11.8. The van der Waals surface area contributed by atoms with E-state index in [1.165, 1.54) is 12.1 Å². The standard InChI is InChI=1S/C12H19N3O4S/c1-9(8-19-2)6-12(16)14-10-4-3-5-11(7-10)15-20(13,17)18/h3-5,7,9,15H,6,8H2,1-2H3,(H,14,16)(H2,13,17,18). The van der Waals surface area contributed by atoms with Crippen LogP contribution in [0.1, 0.15) is 13.3 Å². The summed E-state index contributed by atoms with van der Waals surface area (Å²) in [5.74, 6) is -0.0620. The molecule has 1 rings (SSSR count). The number of ether oxygens (including phenoxy) is 1. The summed E-state index contributed by atoms with van der Waals surface area (Å²) in [4.78, 5) is 11.8. The van der Waals surface area contributed by atoms with Crippen LogP contribution in [0, 0.1) is 5.92 Å². The average molecular weight is 301 g/mol. The molecule has 1 unspecified atom stereocenters. The zero-order valence-corrected chi connectivity index (χ0v) is 12.2. The average Bonchev–Trinajstić information content (AvgIpc) is 2.26. The highest BCUT2D eigenvalue weighted by molar-refractivity contribution is 7.90. The van der Waals surface area contributed by atoms with Crippen LogP contribution in [-0.2, 0) is 19.7 Å². The van der Waals surface area contributed by atoms with Crippen molar-refractivity contribution in [3.63, 3.8) is 0 Å². The first kappa shape index (κ1) is 16.4. The lowest BCUT2D eigenvalue weighted by molar-refractivity contribution is -0.117. The van der Waals surface area contributed by atoms with E-state index in [9.17, 15) is 13.2 Å². The molecule has 20 heavy (non-hydrogen) atoms. The highest BCUT2D eigenvalue weighted by atomic mass is 32.2. The van der Waals surface area contributed by atoms with Gasteiger partial charge in [0.15, 0.2) is 0 Å². The molecule has 0 fully saturated rings. The number of carbonyl (C=O) groups is 1. The molecule has 0 aliphatic rings. The number of rotatable bonds is 7. The van der Waals surface area contributed by atoms with E-state index in [0.717, 1.165) is 0 Å².